The molecule has 2 aromatic carbocycles. The number of carbonyl (C=O) groups is 2. The lowest BCUT2D eigenvalue weighted by Gasteiger charge is -2.34. The van der Waals surface area contributed by atoms with E-state index in [-0.39, 0.29) is 36.3 Å². The van der Waals surface area contributed by atoms with E-state index in [1.165, 1.54) is 4.31 Å². The van der Waals surface area contributed by atoms with Crippen LogP contribution >= 0.6 is 0 Å². The van der Waals surface area contributed by atoms with Gasteiger partial charge in [0.1, 0.15) is 0 Å². The van der Waals surface area contributed by atoms with Crippen molar-refractivity contribution in [1.29, 1.82) is 0 Å². The molecule has 0 aliphatic carbocycles. The Morgan fingerprint density at radius 3 is 2.18 bits per heavy atom. The van der Waals surface area contributed by atoms with E-state index in [0.29, 0.717) is 18.7 Å². The third-order valence-corrected chi connectivity index (χ3v) is 6.68. The van der Waals surface area contributed by atoms with Gasteiger partial charge in [-0.1, -0.05) is 36.4 Å². The van der Waals surface area contributed by atoms with Gasteiger partial charge in [-0.2, -0.15) is 4.31 Å². The molecule has 0 unspecified atom stereocenters. The van der Waals surface area contributed by atoms with Crippen LogP contribution in [0.2, 0.25) is 0 Å². The molecule has 0 atom stereocenters. The fourth-order valence-electron chi connectivity index (χ4n) is 3.11. The Hall–Kier alpha value is -2.71. The summed E-state index contributed by atoms with van der Waals surface area (Å²) in [6, 6.07) is 15.4. The van der Waals surface area contributed by atoms with Crippen LogP contribution in [0.4, 0.5) is 0 Å². The lowest BCUT2D eigenvalue weighted by Crippen LogP contribution is -2.52. The molecule has 0 aromatic heterocycles. The van der Waals surface area contributed by atoms with Gasteiger partial charge in [0.05, 0.1) is 11.4 Å². The van der Waals surface area contributed by atoms with E-state index >= 15 is 0 Å². The number of aryl methyl sites for hydroxylation is 1. The molecular weight excluding hydrogens is 378 g/mol. The number of benzene rings is 2. The number of piperazine rings is 1. The summed E-state index contributed by atoms with van der Waals surface area (Å²) in [6.45, 7) is 2.78. The van der Waals surface area contributed by atoms with Crippen molar-refractivity contribution < 1.29 is 18.0 Å². The summed E-state index contributed by atoms with van der Waals surface area (Å²) >= 11 is 0. The van der Waals surface area contributed by atoms with E-state index in [1.54, 1.807) is 47.4 Å². The first-order valence-electron chi connectivity index (χ1n) is 9.06. The van der Waals surface area contributed by atoms with E-state index in [2.05, 4.69) is 5.32 Å². The SMILES string of the molecule is Cc1ccccc1C(=O)NCC(=O)N1CCN(S(=O)(=O)c2ccccc2)CC1. The summed E-state index contributed by atoms with van der Waals surface area (Å²) in [5.41, 5.74) is 1.38. The van der Waals surface area contributed by atoms with Gasteiger partial charge in [-0.15, -0.1) is 0 Å². The molecule has 3 rings (SSSR count). The zero-order valence-electron chi connectivity index (χ0n) is 15.7. The van der Waals surface area contributed by atoms with Gasteiger partial charge in [0, 0.05) is 31.7 Å². The largest absolute Gasteiger partial charge is 0.343 e. The van der Waals surface area contributed by atoms with Crippen LogP contribution in [0.15, 0.2) is 59.5 Å². The maximum atomic E-state index is 12.6. The number of nitrogens with zero attached hydrogens (tertiary/aromatic N) is 2. The van der Waals surface area contributed by atoms with Crippen molar-refractivity contribution in [3.63, 3.8) is 0 Å². The molecule has 2 aromatic rings. The number of rotatable bonds is 5. The van der Waals surface area contributed by atoms with Crippen molar-refractivity contribution in [3.8, 4) is 0 Å². The molecule has 0 spiro atoms. The average Bonchev–Trinajstić information content (AvgIpc) is 2.73. The molecule has 2 amide bonds. The summed E-state index contributed by atoms with van der Waals surface area (Å²) in [7, 11) is -3.55. The Morgan fingerprint density at radius 2 is 1.54 bits per heavy atom. The minimum absolute atomic E-state index is 0.112. The summed E-state index contributed by atoms with van der Waals surface area (Å²) < 4.78 is 26.7. The zero-order chi connectivity index (χ0) is 20.1. The molecule has 1 aliphatic rings. The monoisotopic (exact) mass is 401 g/mol. The molecular formula is C20H23N3O4S. The molecule has 1 heterocycles. The predicted molar refractivity (Wildman–Crippen MR) is 105 cm³/mol. The molecule has 1 fully saturated rings. The molecule has 148 valence electrons. The van der Waals surface area contributed by atoms with E-state index in [0.717, 1.165) is 5.56 Å². The number of hydrogen-bond donors (Lipinski definition) is 1. The number of sulfonamides is 1. The van der Waals surface area contributed by atoms with Crippen molar-refractivity contribution in [2.75, 3.05) is 32.7 Å². The highest BCUT2D eigenvalue weighted by Crippen LogP contribution is 2.17. The lowest BCUT2D eigenvalue weighted by molar-refractivity contribution is -0.131. The maximum Gasteiger partial charge on any atom is 0.251 e. The van der Waals surface area contributed by atoms with E-state index < -0.39 is 10.0 Å². The van der Waals surface area contributed by atoms with Crippen LogP contribution in [-0.2, 0) is 14.8 Å². The predicted octanol–water partition coefficient (Wildman–Crippen LogP) is 1.26. The van der Waals surface area contributed by atoms with Crippen LogP contribution in [0.25, 0.3) is 0 Å². The number of nitrogens with one attached hydrogen (secondary N) is 1. The molecule has 1 saturated heterocycles. The van der Waals surface area contributed by atoms with Gasteiger partial charge in [-0.25, -0.2) is 8.42 Å². The minimum Gasteiger partial charge on any atom is -0.343 e. The van der Waals surface area contributed by atoms with Gasteiger partial charge >= 0.3 is 0 Å². The molecule has 8 heteroatoms. The van der Waals surface area contributed by atoms with Crippen molar-refractivity contribution >= 4 is 21.8 Å². The quantitative estimate of drug-likeness (QED) is 0.817. The highest BCUT2D eigenvalue weighted by Gasteiger charge is 2.30. The van der Waals surface area contributed by atoms with Crippen LogP contribution in [0, 0.1) is 6.92 Å². The van der Waals surface area contributed by atoms with Crippen LogP contribution in [0.1, 0.15) is 15.9 Å². The molecule has 0 bridgehead atoms. The summed E-state index contributed by atoms with van der Waals surface area (Å²) in [6.07, 6.45) is 0. The van der Waals surface area contributed by atoms with Crippen molar-refractivity contribution in [1.82, 2.24) is 14.5 Å². The van der Waals surface area contributed by atoms with Gasteiger partial charge in [-0.3, -0.25) is 9.59 Å². The Balaban J connectivity index is 1.53. The third-order valence-electron chi connectivity index (χ3n) is 4.76. The average molecular weight is 401 g/mol. The van der Waals surface area contributed by atoms with E-state index in [1.807, 2.05) is 19.1 Å². The topological polar surface area (TPSA) is 86.8 Å². The highest BCUT2D eigenvalue weighted by atomic mass is 32.2. The number of hydrogen-bond acceptors (Lipinski definition) is 4. The fourth-order valence-corrected chi connectivity index (χ4v) is 4.55. The van der Waals surface area contributed by atoms with Gasteiger partial charge in [0.25, 0.3) is 5.91 Å². The molecule has 1 aliphatic heterocycles. The van der Waals surface area contributed by atoms with Crippen LogP contribution < -0.4 is 5.32 Å². The minimum atomic E-state index is -3.55. The zero-order valence-corrected chi connectivity index (χ0v) is 16.5. The lowest BCUT2D eigenvalue weighted by atomic mass is 10.1. The van der Waals surface area contributed by atoms with Gasteiger partial charge in [0.15, 0.2) is 0 Å². The van der Waals surface area contributed by atoms with Crippen LogP contribution in [-0.4, -0.2) is 62.2 Å². The first-order valence-corrected chi connectivity index (χ1v) is 10.5. The normalized spacial score (nSPS) is 15.2. The second kappa shape index (κ2) is 8.53. The Bertz CT molecular complexity index is 952. The van der Waals surface area contributed by atoms with Crippen LogP contribution in [0.3, 0.4) is 0 Å². The maximum absolute atomic E-state index is 12.6. The molecule has 0 saturated carbocycles. The second-order valence-corrected chi connectivity index (χ2v) is 8.53. The third kappa shape index (κ3) is 4.40. The smallest absolute Gasteiger partial charge is 0.251 e. The summed E-state index contributed by atoms with van der Waals surface area (Å²) in [4.78, 5) is 26.4. The number of amides is 2. The first-order chi connectivity index (χ1) is 13.4. The molecule has 1 N–H and O–H groups in total. The van der Waals surface area contributed by atoms with Crippen molar-refractivity contribution in [2.24, 2.45) is 0 Å². The van der Waals surface area contributed by atoms with Crippen molar-refractivity contribution in [2.45, 2.75) is 11.8 Å². The van der Waals surface area contributed by atoms with Crippen molar-refractivity contribution in [3.05, 3.63) is 65.7 Å². The Labute approximate surface area is 165 Å². The van der Waals surface area contributed by atoms with Crippen LogP contribution in [0.5, 0.6) is 0 Å². The highest BCUT2D eigenvalue weighted by molar-refractivity contribution is 7.89. The first kappa shape index (κ1) is 20.0. The van der Waals surface area contributed by atoms with E-state index in [4.69, 9.17) is 0 Å². The molecule has 0 radical (unpaired) electrons. The van der Waals surface area contributed by atoms with Gasteiger partial charge in [-0.05, 0) is 30.7 Å². The summed E-state index contributed by atoms with van der Waals surface area (Å²) in [5.74, 6) is -0.518. The van der Waals surface area contributed by atoms with E-state index in [9.17, 15) is 18.0 Å². The molecule has 7 nitrogen and oxygen atoms in total. The fraction of sp³-hybridized carbons (Fsp3) is 0.300. The van der Waals surface area contributed by atoms with Gasteiger partial charge in [0.2, 0.25) is 15.9 Å². The second-order valence-electron chi connectivity index (χ2n) is 6.60. The summed E-state index contributed by atoms with van der Waals surface area (Å²) in [5, 5.41) is 2.64. The number of carbonyl (C=O) groups excluding carboxylic acids is 2. The Morgan fingerprint density at radius 1 is 0.929 bits per heavy atom. The standard InChI is InChI=1S/C20H23N3O4S/c1-16-7-5-6-10-18(16)20(25)21-15-19(24)22-11-13-23(14-12-22)28(26,27)17-8-3-2-4-9-17/h2-10H,11-15H2,1H3,(H,21,25). The molecule has 28 heavy (non-hydrogen) atoms. The Kier molecular flexibility index (Phi) is 6.11. The van der Waals surface area contributed by atoms with Gasteiger partial charge < -0.3 is 10.2 Å².